The molecule has 0 N–H and O–H groups in total. The van der Waals surface area contributed by atoms with E-state index in [0.717, 1.165) is 24.8 Å². The lowest BCUT2D eigenvalue weighted by Gasteiger charge is -2.33. The Kier molecular flexibility index (Phi) is 7.33. The number of halogens is 3. The molecule has 1 aliphatic heterocycles. The molecule has 8 heteroatoms. The molecule has 1 heterocycles. The lowest BCUT2D eigenvalue weighted by atomic mass is 9.91. The molecular weight excluding hydrogens is 381 g/mol. The van der Waals surface area contributed by atoms with E-state index in [1.807, 2.05) is 30.3 Å². The Labute approximate surface area is 158 Å². The van der Waals surface area contributed by atoms with E-state index in [9.17, 15) is 21.6 Å². The van der Waals surface area contributed by atoms with Crippen LogP contribution in [0, 0.1) is 0 Å². The number of ether oxygens (including phenoxy) is 1. The van der Waals surface area contributed by atoms with Gasteiger partial charge < -0.3 is 8.92 Å². The first-order valence-corrected chi connectivity index (χ1v) is 10.5. The van der Waals surface area contributed by atoms with Gasteiger partial charge in [-0.2, -0.15) is 21.6 Å². The van der Waals surface area contributed by atoms with Crippen LogP contribution in [0.1, 0.15) is 64.0 Å². The average molecular weight is 406 g/mol. The first-order chi connectivity index (χ1) is 12.7. The summed E-state index contributed by atoms with van der Waals surface area (Å²) in [5, 5.41) is 0. The summed E-state index contributed by atoms with van der Waals surface area (Å²) in [6, 6.07) is 9.59. The third kappa shape index (κ3) is 5.72. The molecule has 1 saturated heterocycles. The highest BCUT2D eigenvalue weighted by atomic mass is 32.2. The van der Waals surface area contributed by atoms with Crippen LogP contribution in [0.3, 0.4) is 0 Å². The van der Waals surface area contributed by atoms with Crippen LogP contribution in [0.2, 0.25) is 0 Å². The van der Waals surface area contributed by atoms with Crippen molar-refractivity contribution >= 4 is 10.1 Å². The summed E-state index contributed by atoms with van der Waals surface area (Å²) < 4.78 is 71.0. The first-order valence-electron chi connectivity index (χ1n) is 9.06. The van der Waals surface area contributed by atoms with Gasteiger partial charge in [0.15, 0.2) is 0 Å². The molecule has 1 fully saturated rings. The van der Waals surface area contributed by atoms with Crippen molar-refractivity contribution in [3.63, 3.8) is 0 Å². The molecule has 0 bridgehead atoms. The molecule has 0 aliphatic carbocycles. The molecule has 0 aromatic heterocycles. The normalized spacial score (nSPS) is 23.1. The fourth-order valence-corrected chi connectivity index (χ4v) is 3.73. The van der Waals surface area contributed by atoms with Crippen molar-refractivity contribution in [3.8, 4) is 0 Å². The number of benzene rings is 1. The van der Waals surface area contributed by atoms with Gasteiger partial charge in [-0.15, -0.1) is 0 Å². The van der Waals surface area contributed by atoms with Gasteiger partial charge in [0.05, 0.1) is 12.2 Å². The molecule has 2 rings (SSSR count). The second kappa shape index (κ2) is 9.10. The summed E-state index contributed by atoms with van der Waals surface area (Å²) in [5.41, 5.74) is -3.96. The van der Waals surface area contributed by atoms with E-state index in [0.29, 0.717) is 24.8 Å². The van der Waals surface area contributed by atoms with Crippen molar-refractivity contribution in [3.05, 3.63) is 47.2 Å². The number of hydrogen-bond donors (Lipinski definition) is 0. The van der Waals surface area contributed by atoms with E-state index in [-0.39, 0.29) is 11.9 Å². The first kappa shape index (κ1) is 21.8. The summed E-state index contributed by atoms with van der Waals surface area (Å²) >= 11 is 0. The largest absolute Gasteiger partial charge is 0.534 e. The lowest BCUT2D eigenvalue weighted by molar-refractivity contribution is -0.0531. The fraction of sp³-hybridized carbons (Fsp3) is 0.579. The molecule has 4 nitrogen and oxygen atoms in total. The Balaban J connectivity index is 2.23. The van der Waals surface area contributed by atoms with Gasteiger partial charge in [0.25, 0.3) is 0 Å². The minimum absolute atomic E-state index is 0.173. The van der Waals surface area contributed by atoms with Gasteiger partial charge in [-0.25, -0.2) is 0 Å². The number of rotatable bonds is 7. The molecule has 1 aliphatic rings. The molecule has 1 aromatic carbocycles. The van der Waals surface area contributed by atoms with Crippen molar-refractivity contribution in [1.82, 2.24) is 0 Å². The topological polar surface area (TPSA) is 52.6 Å². The van der Waals surface area contributed by atoms with Crippen molar-refractivity contribution in [2.45, 2.75) is 70.1 Å². The number of hydrogen-bond acceptors (Lipinski definition) is 4. The number of unbranched alkanes of at least 4 members (excludes halogenated alkanes) is 2. The third-order valence-corrected chi connectivity index (χ3v) is 5.64. The summed E-state index contributed by atoms with van der Waals surface area (Å²) in [4.78, 5) is 0. The van der Waals surface area contributed by atoms with E-state index in [1.54, 1.807) is 0 Å². The second-order valence-corrected chi connectivity index (χ2v) is 8.16. The van der Waals surface area contributed by atoms with Gasteiger partial charge >= 0.3 is 15.6 Å². The van der Waals surface area contributed by atoms with Crippen LogP contribution in [0.4, 0.5) is 13.2 Å². The highest BCUT2D eigenvalue weighted by molar-refractivity contribution is 7.87. The average Bonchev–Trinajstić information content (AvgIpc) is 2.61. The quantitative estimate of drug-likeness (QED) is 0.255. The predicted octanol–water partition coefficient (Wildman–Crippen LogP) is 5.63. The molecule has 2 unspecified atom stereocenters. The van der Waals surface area contributed by atoms with Crippen LogP contribution in [0.25, 0.3) is 0 Å². The fourth-order valence-electron chi connectivity index (χ4n) is 3.20. The van der Waals surface area contributed by atoms with Gasteiger partial charge in [-0.05, 0) is 37.3 Å². The van der Waals surface area contributed by atoms with Crippen LogP contribution >= 0.6 is 0 Å². The Hall–Kier alpha value is -1.54. The minimum Gasteiger partial charge on any atom is -0.381 e. The minimum atomic E-state index is -5.67. The molecule has 0 saturated carbocycles. The van der Waals surface area contributed by atoms with Crippen molar-refractivity contribution in [1.29, 1.82) is 0 Å². The van der Waals surface area contributed by atoms with Crippen LogP contribution in [-0.4, -0.2) is 20.0 Å². The van der Waals surface area contributed by atoms with Crippen molar-refractivity contribution in [2.75, 3.05) is 0 Å². The molecule has 152 valence electrons. The standard InChI is InChI=1S/C19H25F3O4S/c1-3-4-6-11-18-16(14(2)26-27(23,24)19(20,21)22)12-13-17(25-18)15-9-7-5-8-10-15/h5,7-10,17-18H,3-4,6,11-13H2,1-2H3/b16-14-. The maximum Gasteiger partial charge on any atom is 0.534 e. The van der Waals surface area contributed by atoms with Crippen LogP contribution < -0.4 is 0 Å². The number of allylic oxidation sites excluding steroid dienone is 1. The zero-order valence-electron chi connectivity index (χ0n) is 15.5. The van der Waals surface area contributed by atoms with E-state index < -0.39 is 21.7 Å². The van der Waals surface area contributed by atoms with Crippen LogP contribution in [0.5, 0.6) is 0 Å². The van der Waals surface area contributed by atoms with Crippen LogP contribution in [0.15, 0.2) is 41.7 Å². The Morgan fingerprint density at radius 1 is 1.22 bits per heavy atom. The van der Waals surface area contributed by atoms with Gasteiger partial charge in [-0.1, -0.05) is 56.5 Å². The Bertz CT molecular complexity index is 742. The molecule has 2 atom stereocenters. The molecule has 0 radical (unpaired) electrons. The summed E-state index contributed by atoms with van der Waals surface area (Å²) in [5.74, 6) is -0.236. The second-order valence-electron chi connectivity index (χ2n) is 6.62. The smallest absolute Gasteiger partial charge is 0.381 e. The van der Waals surface area contributed by atoms with Gasteiger partial charge in [0.2, 0.25) is 0 Å². The molecule has 0 spiro atoms. The van der Waals surface area contributed by atoms with E-state index in [1.165, 1.54) is 6.92 Å². The van der Waals surface area contributed by atoms with E-state index >= 15 is 0 Å². The maximum atomic E-state index is 12.6. The zero-order valence-corrected chi connectivity index (χ0v) is 16.3. The summed E-state index contributed by atoms with van der Waals surface area (Å²) in [6.45, 7) is 3.31. The third-order valence-electron chi connectivity index (χ3n) is 4.60. The predicted molar refractivity (Wildman–Crippen MR) is 96.2 cm³/mol. The highest BCUT2D eigenvalue weighted by Gasteiger charge is 2.49. The van der Waals surface area contributed by atoms with E-state index in [2.05, 4.69) is 11.1 Å². The maximum absolute atomic E-state index is 12.6. The zero-order chi connectivity index (χ0) is 20.1. The van der Waals surface area contributed by atoms with Gasteiger partial charge in [0, 0.05) is 0 Å². The molecule has 1 aromatic rings. The monoisotopic (exact) mass is 406 g/mol. The van der Waals surface area contributed by atoms with E-state index in [4.69, 9.17) is 4.74 Å². The Morgan fingerprint density at radius 2 is 1.89 bits per heavy atom. The van der Waals surface area contributed by atoms with Crippen molar-refractivity contribution < 1.29 is 30.5 Å². The summed E-state index contributed by atoms with van der Waals surface area (Å²) in [7, 11) is -5.67. The summed E-state index contributed by atoms with van der Waals surface area (Å²) in [6.07, 6.45) is 3.75. The lowest BCUT2D eigenvalue weighted by Crippen LogP contribution is -2.29. The molecule has 27 heavy (non-hydrogen) atoms. The molecular formula is C19H25F3O4S. The van der Waals surface area contributed by atoms with Gasteiger partial charge in [0.1, 0.15) is 5.76 Å². The van der Waals surface area contributed by atoms with Crippen LogP contribution in [-0.2, 0) is 19.0 Å². The SMILES string of the molecule is CCCCCC1OC(c2ccccc2)CC/C1=C(\C)OS(=O)(=O)C(F)(F)F. The Morgan fingerprint density at radius 3 is 2.48 bits per heavy atom. The van der Waals surface area contributed by atoms with Gasteiger partial charge in [-0.3, -0.25) is 0 Å². The number of alkyl halides is 3. The highest BCUT2D eigenvalue weighted by Crippen LogP contribution is 2.38. The van der Waals surface area contributed by atoms with Crippen molar-refractivity contribution in [2.24, 2.45) is 0 Å². The molecule has 0 amide bonds.